The van der Waals surface area contributed by atoms with E-state index in [2.05, 4.69) is 16.8 Å². The average molecular weight is 488 g/mol. The number of amides is 1. The third kappa shape index (κ3) is 5.48. The average Bonchev–Trinajstić information content (AvgIpc) is 3.33. The Morgan fingerprint density at radius 3 is 2.65 bits per heavy atom. The second-order valence-electron chi connectivity index (χ2n) is 9.42. The van der Waals surface area contributed by atoms with Crippen LogP contribution >= 0.6 is 11.6 Å². The van der Waals surface area contributed by atoms with Crippen LogP contribution in [0.1, 0.15) is 46.1 Å². The lowest BCUT2D eigenvalue weighted by Gasteiger charge is -2.41. The highest BCUT2D eigenvalue weighted by atomic mass is 35.5. The molecular weight excluding hydrogens is 457 g/mol. The molecule has 0 N–H and O–H groups in total. The van der Waals surface area contributed by atoms with E-state index < -0.39 is 5.82 Å². The molecule has 2 atom stereocenters. The minimum Gasteiger partial charge on any atom is -0.381 e. The molecule has 0 unspecified atom stereocenters. The Bertz CT molecular complexity index is 1090. The van der Waals surface area contributed by atoms with Gasteiger partial charge in [0.05, 0.1) is 18.2 Å². The van der Waals surface area contributed by atoms with Crippen LogP contribution in [0.3, 0.4) is 0 Å². The monoisotopic (exact) mass is 487 g/mol. The van der Waals surface area contributed by atoms with Crippen LogP contribution < -0.4 is 0 Å². The fraction of sp³-hybridized carbons (Fsp3) is 0.500. The summed E-state index contributed by atoms with van der Waals surface area (Å²) in [5.74, 6) is -0.492. The largest absolute Gasteiger partial charge is 0.381 e. The van der Waals surface area contributed by atoms with Crippen LogP contribution in [-0.4, -0.2) is 65.4 Å². The van der Waals surface area contributed by atoms with Gasteiger partial charge >= 0.3 is 0 Å². The lowest BCUT2D eigenvalue weighted by Crippen LogP contribution is -2.55. The number of carbonyl (C=O) groups is 2. The third-order valence-corrected chi connectivity index (χ3v) is 7.17. The molecule has 1 aromatic carbocycles. The Morgan fingerprint density at radius 2 is 1.97 bits per heavy atom. The second kappa shape index (κ2) is 10.5. The number of ketones is 1. The summed E-state index contributed by atoms with van der Waals surface area (Å²) in [6.45, 7) is 9.76. The molecule has 8 heteroatoms. The van der Waals surface area contributed by atoms with Crippen LogP contribution in [0, 0.1) is 25.6 Å². The van der Waals surface area contributed by atoms with Crippen LogP contribution in [0.4, 0.5) is 4.39 Å². The quantitative estimate of drug-likeness (QED) is 0.577. The summed E-state index contributed by atoms with van der Waals surface area (Å²) in [5, 5.41) is 0.569. The topological polar surface area (TPSA) is 62.7 Å². The summed E-state index contributed by atoms with van der Waals surface area (Å²) in [7, 11) is 0. The van der Waals surface area contributed by atoms with Gasteiger partial charge in [-0.15, -0.1) is 0 Å². The number of aryl methyl sites for hydroxylation is 1. The highest BCUT2D eigenvalue weighted by Crippen LogP contribution is 2.26. The maximum Gasteiger partial charge on any atom is 0.228 e. The Morgan fingerprint density at radius 1 is 1.21 bits per heavy atom. The van der Waals surface area contributed by atoms with Crippen LogP contribution in [0.5, 0.6) is 0 Å². The molecule has 2 aromatic rings. The molecule has 2 aliphatic rings. The summed E-state index contributed by atoms with van der Waals surface area (Å²) in [6, 6.07) is 5.10. The lowest BCUT2D eigenvalue weighted by atomic mass is 9.95. The first kappa shape index (κ1) is 24.8. The summed E-state index contributed by atoms with van der Waals surface area (Å²) in [6.07, 6.45) is 2.35. The summed E-state index contributed by atoms with van der Waals surface area (Å²) < 4.78 is 19.3. The Labute approximate surface area is 205 Å². The van der Waals surface area contributed by atoms with Crippen molar-refractivity contribution in [3.05, 3.63) is 63.2 Å². The number of Topliss-reactive ketones (excluding diaryl/α,β-unsaturated/α-hetero) is 1. The van der Waals surface area contributed by atoms with E-state index in [9.17, 15) is 14.0 Å². The van der Waals surface area contributed by atoms with Gasteiger partial charge in [-0.3, -0.25) is 19.5 Å². The Balaban J connectivity index is 1.43. The molecule has 2 aliphatic heterocycles. The molecule has 34 heavy (non-hydrogen) atoms. The molecule has 0 bridgehead atoms. The van der Waals surface area contributed by atoms with Gasteiger partial charge in [0.1, 0.15) is 5.82 Å². The molecule has 0 aliphatic carbocycles. The molecular formula is C26H31ClFN3O3. The van der Waals surface area contributed by atoms with Gasteiger partial charge in [0, 0.05) is 62.0 Å². The lowest BCUT2D eigenvalue weighted by molar-refractivity contribution is -0.140. The fourth-order valence-corrected chi connectivity index (χ4v) is 5.05. The summed E-state index contributed by atoms with van der Waals surface area (Å²) in [5.41, 5.74) is 3.42. The van der Waals surface area contributed by atoms with Gasteiger partial charge in [-0.2, -0.15) is 0 Å². The van der Waals surface area contributed by atoms with Gasteiger partial charge in [-0.25, -0.2) is 4.39 Å². The number of nitrogens with zero attached hydrogens (tertiary/aromatic N) is 3. The number of rotatable bonds is 6. The van der Waals surface area contributed by atoms with E-state index in [4.69, 9.17) is 16.3 Å². The minimum atomic E-state index is -0.485. The zero-order valence-corrected chi connectivity index (χ0v) is 20.7. The van der Waals surface area contributed by atoms with Gasteiger partial charge in [0.2, 0.25) is 5.91 Å². The highest BCUT2D eigenvalue weighted by Gasteiger charge is 2.33. The van der Waals surface area contributed by atoms with Crippen molar-refractivity contribution in [3.8, 4) is 0 Å². The number of piperazine rings is 1. The van der Waals surface area contributed by atoms with Crippen LogP contribution in [0.25, 0.3) is 0 Å². The maximum absolute atomic E-state index is 13.9. The van der Waals surface area contributed by atoms with E-state index in [1.807, 2.05) is 17.9 Å². The van der Waals surface area contributed by atoms with Gasteiger partial charge in [-0.1, -0.05) is 11.6 Å². The van der Waals surface area contributed by atoms with Gasteiger partial charge in [0.25, 0.3) is 0 Å². The van der Waals surface area contributed by atoms with E-state index in [1.54, 1.807) is 13.0 Å². The molecule has 2 fully saturated rings. The smallest absolute Gasteiger partial charge is 0.228 e. The van der Waals surface area contributed by atoms with Crippen molar-refractivity contribution in [1.82, 2.24) is 14.8 Å². The molecule has 182 valence electrons. The van der Waals surface area contributed by atoms with Gasteiger partial charge in [0.15, 0.2) is 5.78 Å². The zero-order chi connectivity index (χ0) is 24.4. The van der Waals surface area contributed by atoms with Crippen LogP contribution in [0.2, 0.25) is 5.02 Å². The number of hydrogen-bond donors (Lipinski definition) is 0. The molecule has 4 rings (SSSR count). The molecule has 3 heterocycles. The Hall–Kier alpha value is -2.35. The van der Waals surface area contributed by atoms with Gasteiger partial charge < -0.3 is 9.64 Å². The fourth-order valence-electron chi connectivity index (χ4n) is 4.79. The molecule has 0 saturated carbocycles. The van der Waals surface area contributed by atoms with Crippen molar-refractivity contribution in [2.45, 2.75) is 46.2 Å². The summed E-state index contributed by atoms with van der Waals surface area (Å²) >= 11 is 6.41. The number of halogens is 2. The first-order chi connectivity index (χ1) is 16.2. The van der Waals surface area contributed by atoms with Crippen molar-refractivity contribution in [3.63, 3.8) is 0 Å². The standard InChI is InChI=1S/C26H31ClFN3O3/c1-16-13-30(5-6-31(16)26(33)19-4-7-34-15-19)14-22-9-23(27)8-20(17(22)2)11-25(32)21-10-24(28)18(3)29-12-21/h8-10,12,16,19H,4-7,11,13-15H2,1-3H3/t16-,19+/m1/s1. The zero-order valence-electron chi connectivity index (χ0n) is 19.9. The first-order valence-electron chi connectivity index (χ1n) is 11.8. The molecule has 1 aromatic heterocycles. The molecule has 0 spiro atoms. The van der Waals surface area contributed by atoms with E-state index >= 15 is 0 Å². The van der Waals surface area contributed by atoms with E-state index in [0.29, 0.717) is 31.3 Å². The van der Waals surface area contributed by atoms with Crippen molar-refractivity contribution >= 4 is 23.3 Å². The van der Waals surface area contributed by atoms with Crippen molar-refractivity contribution < 1.29 is 18.7 Å². The predicted octanol–water partition coefficient (Wildman–Crippen LogP) is 3.99. The number of hydrogen-bond acceptors (Lipinski definition) is 5. The number of aromatic nitrogens is 1. The maximum atomic E-state index is 13.9. The minimum absolute atomic E-state index is 0.0125. The van der Waals surface area contributed by atoms with Crippen molar-refractivity contribution in [2.24, 2.45) is 5.92 Å². The first-order valence-corrected chi connectivity index (χ1v) is 12.1. The highest BCUT2D eigenvalue weighted by molar-refractivity contribution is 6.30. The second-order valence-corrected chi connectivity index (χ2v) is 9.85. The molecule has 1 amide bonds. The van der Waals surface area contributed by atoms with E-state index in [-0.39, 0.29) is 41.3 Å². The normalized spacial score (nSPS) is 21.1. The SMILES string of the molecule is Cc1ncc(C(=O)Cc2cc(Cl)cc(CN3CCN(C(=O)[C@H]4CCOC4)[C@H](C)C3)c2C)cc1F. The number of ether oxygens (including phenoxy) is 1. The van der Waals surface area contributed by atoms with E-state index in [1.165, 1.54) is 12.3 Å². The van der Waals surface area contributed by atoms with E-state index in [0.717, 1.165) is 36.2 Å². The number of benzene rings is 1. The van der Waals surface area contributed by atoms with Gasteiger partial charge in [-0.05, 0) is 62.1 Å². The van der Waals surface area contributed by atoms with Crippen LogP contribution in [-0.2, 0) is 22.5 Å². The van der Waals surface area contributed by atoms with Crippen molar-refractivity contribution in [1.29, 1.82) is 0 Å². The number of carbonyl (C=O) groups excluding carboxylic acids is 2. The Kier molecular flexibility index (Phi) is 7.65. The van der Waals surface area contributed by atoms with Crippen molar-refractivity contribution in [2.75, 3.05) is 32.8 Å². The predicted molar refractivity (Wildman–Crippen MR) is 129 cm³/mol. The number of pyridine rings is 1. The van der Waals surface area contributed by atoms with Crippen LogP contribution in [0.15, 0.2) is 24.4 Å². The molecule has 2 saturated heterocycles. The third-order valence-electron chi connectivity index (χ3n) is 6.95. The summed E-state index contributed by atoms with van der Waals surface area (Å²) in [4.78, 5) is 33.9. The molecule has 0 radical (unpaired) electrons. The molecule has 6 nitrogen and oxygen atoms in total.